The van der Waals surface area contributed by atoms with E-state index in [1.54, 1.807) is 13.8 Å². The Hall–Kier alpha value is -3.65. The van der Waals surface area contributed by atoms with E-state index in [1.165, 1.54) is 50.1 Å². The number of carbonyl (C=O) groups excluding carboxylic acids is 4. The molecule has 1 saturated heterocycles. The lowest BCUT2D eigenvalue weighted by Crippen LogP contribution is -2.55. The summed E-state index contributed by atoms with van der Waals surface area (Å²) in [6.07, 6.45) is -4.09. The second kappa shape index (κ2) is 13.9. The van der Waals surface area contributed by atoms with Crippen LogP contribution in [-0.4, -0.2) is 90.9 Å². The lowest BCUT2D eigenvalue weighted by Gasteiger charge is -2.42. The Morgan fingerprint density at radius 1 is 1.10 bits per heavy atom. The Labute approximate surface area is 230 Å². The lowest BCUT2D eigenvalue weighted by molar-refractivity contribution is -0.387. The Morgan fingerprint density at radius 2 is 1.74 bits per heavy atom. The van der Waals surface area contributed by atoms with Crippen molar-refractivity contribution < 1.29 is 47.8 Å². The monoisotopic (exact) mass is 573 g/mol. The van der Waals surface area contributed by atoms with Crippen LogP contribution in [0.3, 0.4) is 0 Å². The Morgan fingerprint density at radius 3 is 2.31 bits per heavy atom. The first-order valence-corrected chi connectivity index (χ1v) is 12.3. The third-order valence-electron chi connectivity index (χ3n) is 6.32. The summed E-state index contributed by atoms with van der Waals surface area (Å²) in [6.45, 7) is 4.70. The fraction of sp³-hybridized carbons (Fsp3) is 0.583. The van der Waals surface area contributed by atoms with Gasteiger partial charge in [0.25, 0.3) is 0 Å². The first-order chi connectivity index (χ1) is 18.3. The van der Waals surface area contributed by atoms with E-state index in [0.717, 1.165) is 6.07 Å². The summed E-state index contributed by atoms with van der Waals surface area (Å²) in [5.41, 5.74) is -0.176. The molecule has 2 amide bonds. The van der Waals surface area contributed by atoms with Crippen LogP contribution >= 0.6 is 11.6 Å². The number of halogens is 1. The van der Waals surface area contributed by atoms with E-state index >= 15 is 0 Å². The van der Waals surface area contributed by atoms with Crippen molar-refractivity contribution in [2.75, 3.05) is 34.3 Å². The van der Waals surface area contributed by atoms with E-state index in [2.05, 4.69) is 0 Å². The van der Waals surface area contributed by atoms with E-state index in [-0.39, 0.29) is 25.4 Å². The standard InChI is InChI=1S/C24H32ClN3O11/c1-13-14(2)20(37-15(3)29)22(39-19(13)21(30)35-6)38-18-8-7-16(11-17(18)28(33)34)12-36-24(32)27(5)10-9-26(4)23(25)31/h7-8,11,13-14,19-20,22H,9-10,12H2,1-6H3/t13-,14-,19-,20+,22+/m0/s1. The number of methoxy groups -OCH3 is 1. The van der Waals surface area contributed by atoms with Gasteiger partial charge in [0.15, 0.2) is 18.0 Å². The SMILES string of the molecule is COC(=O)[C@H]1O[C@@H](Oc2ccc(COC(=O)N(C)CCN(C)C(=O)Cl)cc2[N+](=O)[O-])[C@H](OC(C)=O)[C@@H](C)[C@@H]1C. The van der Waals surface area contributed by atoms with Crippen LogP contribution in [0.15, 0.2) is 18.2 Å². The predicted molar refractivity (Wildman–Crippen MR) is 135 cm³/mol. The Kier molecular flexibility index (Phi) is 11.3. The minimum Gasteiger partial charge on any atom is -0.467 e. The summed E-state index contributed by atoms with van der Waals surface area (Å²) < 4.78 is 26.9. The molecule has 39 heavy (non-hydrogen) atoms. The van der Waals surface area contributed by atoms with Crippen LogP contribution in [0.4, 0.5) is 15.3 Å². The molecule has 5 atom stereocenters. The number of nitrogens with zero attached hydrogens (tertiary/aromatic N) is 3. The largest absolute Gasteiger partial charge is 0.467 e. The molecule has 216 valence electrons. The molecule has 1 aromatic rings. The number of hydrogen-bond donors (Lipinski definition) is 0. The molecule has 0 bridgehead atoms. The van der Waals surface area contributed by atoms with Crippen molar-refractivity contribution in [2.45, 2.75) is 45.9 Å². The molecule has 1 aliphatic rings. The van der Waals surface area contributed by atoms with Crippen LogP contribution in [0, 0.1) is 22.0 Å². The highest BCUT2D eigenvalue weighted by molar-refractivity contribution is 6.62. The van der Waals surface area contributed by atoms with Crippen molar-refractivity contribution in [1.29, 1.82) is 0 Å². The van der Waals surface area contributed by atoms with Gasteiger partial charge in [-0.3, -0.25) is 19.7 Å². The highest BCUT2D eigenvalue weighted by atomic mass is 35.5. The van der Waals surface area contributed by atoms with Crippen LogP contribution in [0.25, 0.3) is 0 Å². The van der Waals surface area contributed by atoms with E-state index in [9.17, 15) is 29.3 Å². The zero-order valence-corrected chi connectivity index (χ0v) is 23.2. The van der Waals surface area contributed by atoms with E-state index in [1.807, 2.05) is 0 Å². The zero-order valence-electron chi connectivity index (χ0n) is 22.5. The van der Waals surface area contributed by atoms with Crippen LogP contribution in [0.2, 0.25) is 0 Å². The van der Waals surface area contributed by atoms with Gasteiger partial charge in [-0.1, -0.05) is 19.9 Å². The van der Waals surface area contributed by atoms with E-state index < -0.39 is 64.3 Å². The average Bonchev–Trinajstić information content (AvgIpc) is 2.89. The van der Waals surface area contributed by atoms with Gasteiger partial charge in [0.1, 0.15) is 6.61 Å². The fourth-order valence-electron chi connectivity index (χ4n) is 3.76. The molecule has 2 rings (SSSR count). The highest BCUT2D eigenvalue weighted by Gasteiger charge is 2.48. The summed E-state index contributed by atoms with van der Waals surface area (Å²) in [5, 5.41) is 11.2. The first-order valence-electron chi connectivity index (χ1n) is 11.9. The smallest absolute Gasteiger partial charge is 0.409 e. The van der Waals surface area contributed by atoms with Crippen LogP contribution in [0.1, 0.15) is 26.3 Å². The van der Waals surface area contributed by atoms with Gasteiger partial charge in [-0.05, 0) is 29.1 Å². The molecular formula is C24H32ClN3O11. The number of amides is 2. The lowest BCUT2D eigenvalue weighted by atomic mass is 9.83. The number of likely N-dealkylation sites (N-methyl/N-ethyl adjacent to an activating group) is 2. The number of rotatable bonds is 10. The first kappa shape index (κ1) is 31.6. The molecule has 0 aliphatic carbocycles. The molecule has 0 radical (unpaired) electrons. The molecule has 1 aliphatic heterocycles. The average molecular weight is 574 g/mol. The number of carbonyl (C=O) groups is 4. The van der Waals surface area contributed by atoms with Crippen molar-refractivity contribution >= 4 is 40.7 Å². The van der Waals surface area contributed by atoms with Crippen molar-refractivity contribution in [3.63, 3.8) is 0 Å². The minimum atomic E-state index is -1.35. The second-order valence-corrected chi connectivity index (χ2v) is 9.39. The molecule has 1 aromatic carbocycles. The molecule has 14 nitrogen and oxygen atoms in total. The maximum atomic E-state index is 12.3. The van der Waals surface area contributed by atoms with Crippen LogP contribution in [-0.2, 0) is 35.1 Å². The molecule has 1 heterocycles. The second-order valence-electron chi connectivity index (χ2n) is 9.07. The third-order valence-corrected chi connectivity index (χ3v) is 6.61. The number of hydrogen-bond acceptors (Lipinski definition) is 11. The molecule has 1 fully saturated rings. The number of nitro groups is 1. The van der Waals surface area contributed by atoms with Gasteiger partial charge in [0.05, 0.1) is 12.0 Å². The number of nitro benzene ring substituents is 1. The zero-order chi connectivity index (χ0) is 29.4. The summed E-state index contributed by atoms with van der Waals surface area (Å²) in [6, 6.07) is 3.90. The molecule has 0 saturated carbocycles. The highest BCUT2D eigenvalue weighted by Crippen LogP contribution is 2.37. The van der Waals surface area contributed by atoms with Crippen molar-refractivity contribution in [3.8, 4) is 5.75 Å². The summed E-state index contributed by atoms with van der Waals surface area (Å²) >= 11 is 5.35. The number of benzene rings is 1. The molecule has 0 N–H and O–H groups in total. The quantitative estimate of drug-likeness (QED) is 0.101. The van der Waals surface area contributed by atoms with Gasteiger partial charge in [0, 0.05) is 46.1 Å². The normalized spacial score (nSPS) is 22.3. The van der Waals surface area contributed by atoms with Gasteiger partial charge in [-0.2, -0.15) is 0 Å². The molecule has 15 heteroatoms. The molecular weight excluding hydrogens is 542 g/mol. The van der Waals surface area contributed by atoms with Gasteiger partial charge >= 0.3 is 29.1 Å². The van der Waals surface area contributed by atoms with Crippen molar-refractivity contribution in [3.05, 3.63) is 33.9 Å². The fourth-order valence-corrected chi connectivity index (χ4v) is 3.84. The van der Waals surface area contributed by atoms with E-state index in [0.29, 0.717) is 5.56 Å². The topological polar surface area (TPSA) is 164 Å². The van der Waals surface area contributed by atoms with E-state index in [4.69, 9.17) is 35.3 Å². The summed E-state index contributed by atoms with van der Waals surface area (Å²) in [4.78, 5) is 60.9. The number of ether oxygens (including phenoxy) is 5. The maximum absolute atomic E-state index is 12.3. The van der Waals surface area contributed by atoms with Gasteiger partial charge in [-0.25, -0.2) is 9.59 Å². The third kappa shape index (κ3) is 8.42. The maximum Gasteiger partial charge on any atom is 0.409 e. The van der Waals surface area contributed by atoms with Gasteiger partial charge < -0.3 is 33.5 Å². The van der Waals surface area contributed by atoms with Gasteiger partial charge in [-0.15, -0.1) is 0 Å². The predicted octanol–water partition coefficient (Wildman–Crippen LogP) is 2.93. The van der Waals surface area contributed by atoms with Crippen LogP contribution in [0.5, 0.6) is 5.75 Å². The minimum absolute atomic E-state index is 0.148. The Balaban J connectivity index is 2.19. The van der Waals surface area contributed by atoms with Crippen LogP contribution < -0.4 is 4.74 Å². The van der Waals surface area contributed by atoms with Gasteiger partial charge in [0.2, 0.25) is 6.29 Å². The summed E-state index contributed by atoms with van der Waals surface area (Å²) in [5.74, 6) is -2.34. The number of esters is 2. The summed E-state index contributed by atoms with van der Waals surface area (Å²) in [7, 11) is 4.13. The molecule has 0 unspecified atom stereocenters. The van der Waals surface area contributed by atoms with Crippen molar-refractivity contribution in [1.82, 2.24) is 9.80 Å². The van der Waals surface area contributed by atoms with Crippen molar-refractivity contribution in [2.24, 2.45) is 11.8 Å². The Bertz CT molecular complexity index is 1090. The molecule has 0 spiro atoms. The molecule has 0 aromatic heterocycles.